The van der Waals surface area contributed by atoms with Gasteiger partial charge < -0.3 is 15.0 Å². The van der Waals surface area contributed by atoms with E-state index in [1.54, 1.807) is 4.80 Å². The van der Waals surface area contributed by atoms with Gasteiger partial charge in [-0.15, -0.1) is 10.2 Å². The molecule has 0 saturated carbocycles. The van der Waals surface area contributed by atoms with E-state index >= 15 is 0 Å². The minimum absolute atomic E-state index is 0.0917. The molecule has 4 aromatic rings. The molecule has 7 nitrogen and oxygen atoms in total. The van der Waals surface area contributed by atoms with Crippen LogP contribution in [0.4, 0.5) is 11.4 Å². The van der Waals surface area contributed by atoms with Crippen molar-refractivity contribution in [3.8, 4) is 11.4 Å². The largest absolute Gasteiger partial charge is 0.482 e. The molecule has 1 aromatic heterocycles. The van der Waals surface area contributed by atoms with Crippen molar-refractivity contribution in [2.75, 3.05) is 29.9 Å². The van der Waals surface area contributed by atoms with E-state index in [0.29, 0.717) is 17.0 Å². The molecule has 0 atom stereocenters. The number of carbonyl (C=O) groups excluding carboxylic acids is 1. The third-order valence-corrected chi connectivity index (χ3v) is 6.52. The summed E-state index contributed by atoms with van der Waals surface area (Å²) in [6, 6.07) is 16.0. The molecular formula is C27H30BrN5O2. The number of carbonyl (C=O) groups is 1. The second kappa shape index (κ2) is 10.5. The number of rotatable bonds is 8. The molecule has 35 heavy (non-hydrogen) atoms. The van der Waals surface area contributed by atoms with Gasteiger partial charge in [-0.1, -0.05) is 6.07 Å². The summed E-state index contributed by atoms with van der Waals surface area (Å²) >= 11 is 3.52. The van der Waals surface area contributed by atoms with Gasteiger partial charge in [0.1, 0.15) is 16.8 Å². The lowest BCUT2D eigenvalue weighted by Gasteiger charge is -2.20. The van der Waals surface area contributed by atoms with Crippen LogP contribution >= 0.6 is 15.9 Å². The van der Waals surface area contributed by atoms with E-state index in [-0.39, 0.29) is 12.5 Å². The average molecular weight is 536 g/mol. The first kappa shape index (κ1) is 24.7. The number of halogens is 1. The zero-order valence-corrected chi connectivity index (χ0v) is 22.3. The lowest BCUT2D eigenvalue weighted by molar-refractivity contribution is -0.118. The van der Waals surface area contributed by atoms with Crippen molar-refractivity contribution in [1.29, 1.82) is 0 Å². The molecule has 0 saturated heterocycles. The maximum absolute atomic E-state index is 12.6. The number of fused-ring (bicyclic) bond motifs is 1. The topological polar surface area (TPSA) is 72.3 Å². The Labute approximate surface area is 214 Å². The summed E-state index contributed by atoms with van der Waals surface area (Å²) in [5.74, 6) is 0.437. The van der Waals surface area contributed by atoms with Gasteiger partial charge in [-0.3, -0.25) is 4.79 Å². The number of benzene rings is 3. The van der Waals surface area contributed by atoms with Gasteiger partial charge in [-0.2, -0.15) is 4.80 Å². The van der Waals surface area contributed by atoms with Gasteiger partial charge >= 0.3 is 0 Å². The fourth-order valence-electron chi connectivity index (χ4n) is 4.11. The predicted octanol–water partition coefficient (Wildman–Crippen LogP) is 5.97. The normalized spacial score (nSPS) is 11.0. The van der Waals surface area contributed by atoms with E-state index in [4.69, 9.17) is 4.74 Å². The second-order valence-corrected chi connectivity index (χ2v) is 9.42. The predicted molar refractivity (Wildman–Crippen MR) is 145 cm³/mol. The third-order valence-electron chi connectivity index (χ3n) is 5.93. The number of nitrogens with zero attached hydrogens (tertiary/aromatic N) is 4. The monoisotopic (exact) mass is 535 g/mol. The van der Waals surface area contributed by atoms with E-state index in [0.717, 1.165) is 45.5 Å². The molecule has 0 aliphatic carbocycles. The Bertz CT molecular complexity index is 1340. The molecule has 8 heteroatoms. The molecule has 1 N–H and O–H groups in total. The van der Waals surface area contributed by atoms with Crippen LogP contribution in [0.5, 0.6) is 5.75 Å². The van der Waals surface area contributed by atoms with Crippen LogP contribution in [0.25, 0.3) is 16.7 Å². The number of aromatic nitrogens is 3. The standard InChI is InChI=1S/C27H30BrN5O2/c1-6-32(7-2)20-8-10-21(11-9-20)33-30-24-14-18(4)23(15-25(24)31-33)29-26(34)16-35-27-19(5)12-17(3)13-22(27)28/h8-15H,6-7,16H2,1-5H3,(H,29,34). The van der Waals surface area contributed by atoms with E-state index in [9.17, 15) is 4.79 Å². The van der Waals surface area contributed by atoms with Gasteiger partial charge in [-0.05, 0) is 110 Å². The summed E-state index contributed by atoms with van der Waals surface area (Å²) in [6.07, 6.45) is 0. The maximum Gasteiger partial charge on any atom is 0.262 e. The molecule has 1 heterocycles. The minimum Gasteiger partial charge on any atom is -0.482 e. The molecule has 4 rings (SSSR count). The number of hydrogen-bond donors (Lipinski definition) is 1. The fraction of sp³-hybridized carbons (Fsp3) is 0.296. The summed E-state index contributed by atoms with van der Waals surface area (Å²) in [5, 5.41) is 12.2. The Hall–Kier alpha value is -3.39. The summed E-state index contributed by atoms with van der Waals surface area (Å²) < 4.78 is 6.63. The zero-order chi connectivity index (χ0) is 25.1. The van der Waals surface area contributed by atoms with Crippen LogP contribution in [-0.4, -0.2) is 40.6 Å². The molecule has 0 aliphatic rings. The Morgan fingerprint density at radius 3 is 2.26 bits per heavy atom. The van der Waals surface area contributed by atoms with Gasteiger partial charge in [0.05, 0.1) is 10.2 Å². The molecule has 3 aromatic carbocycles. The molecule has 0 radical (unpaired) electrons. The molecule has 0 spiro atoms. The number of anilines is 2. The summed E-state index contributed by atoms with van der Waals surface area (Å²) in [6.45, 7) is 12.0. The van der Waals surface area contributed by atoms with E-state index in [1.807, 2.05) is 57.2 Å². The van der Waals surface area contributed by atoms with Gasteiger partial charge in [0.25, 0.3) is 5.91 Å². The summed E-state index contributed by atoms with van der Waals surface area (Å²) in [7, 11) is 0. The first-order chi connectivity index (χ1) is 16.8. The van der Waals surface area contributed by atoms with Gasteiger partial charge in [0.2, 0.25) is 0 Å². The second-order valence-electron chi connectivity index (χ2n) is 8.56. The number of amides is 1. The van der Waals surface area contributed by atoms with Crippen LogP contribution in [0.1, 0.15) is 30.5 Å². The maximum atomic E-state index is 12.6. The zero-order valence-electron chi connectivity index (χ0n) is 20.7. The molecule has 0 unspecified atom stereocenters. The Kier molecular flexibility index (Phi) is 7.40. The minimum atomic E-state index is -0.237. The van der Waals surface area contributed by atoms with E-state index in [1.165, 1.54) is 5.69 Å². The van der Waals surface area contributed by atoms with Crippen LogP contribution in [0.15, 0.2) is 53.0 Å². The van der Waals surface area contributed by atoms with Crippen molar-refractivity contribution in [1.82, 2.24) is 15.0 Å². The van der Waals surface area contributed by atoms with Crippen LogP contribution in [0, 0.1) is 20.8 Å². The van der Waals surface area contributed by atoms with Crippen molar-refractivity contribution < 1.29 is 9.53 Å². The van der Waals surface area contributed by atoms with Crippen molar-refractivity contribution in [3.05, 3.63) is 69.7 Å². The Morgan fingerprint density at radius 1 is 0.971 bits per heavy atom. The highest BCUT2D eigenvalue weighted by Crippen LogP contribution is 2.30. The first-order valence-corrected chi connectivity index (χ1v) is 12.5. The molecule has 1 amide bonds. The quantitative estimate of drug-likeness (QED) is 0.300. The molecule has 0 fully saturated rings. The number of hydrogen-bond acceptors (Lipinski definition) is 5. The van der Waals surface area contributed by atoms with Crippen LogP contribution < -0.4 is 15.0 Å². The van der Waals surface area contributed by atoms with Crippen molar-refractivity contribution in [3.63, 3.8) is 0 Å². The van der Waals surface area contributed by atoms with Gasteiger partial charge in [-0.25, -0.2) is 0 Å². The lowest BCUT2D eigenvalue weighted by atomic mass is 10.1. The van der Waals surface area contributed by atoms with E-state index < -0.39 is 0 Å². The third kappa shape index (κ3) is 5.48. The van der Waals surface area contributed by atoms with Crippen LogP contribution in [0.3, 0.4) is 0 Å². The number of aryl methyl sites for hydroxylation is 3. The Balaban J connectivity index is 1.49. The van der Waals surface area contributed by atoms with Crippen LogP contribution in [-0.2, 0) is 4.79 Å². The highest BCUT2D eigenvalue weighted by molar-refractivity contribution is 9.10. The summed E-state index contributed by atoms with van der Waals surface area (Å²) in [4.78, 5) is 16.5. The summed E-state index contributed by atoms with van der Waals surface area (Å²) in [5.41, 5.74) is 7.23. The lowest BCUT2D eigenvalue weighted by Crippen LogP contribution is -2.21. The average Bonchev–Trinajstić information content (AvgIpc) is 3.22. The number of nitrogens with one attached hydrogen (secondary N) is 1. The first-order valence-electron chi connectivity index (χ1n) is 11.7. The Morgan fingerprint density at radius 2 is 1.63 bits per heavy atom. The van der Waals surface area contributed by atoms with Gasteiger partial charge in [0.15, 0.2) is 6.61 Å². The van der Waals surface area contributed by atoms with Crippen LogP contribution in [0.2, 0.25) is 0 Å². The molecule has 182 valence electrons. The van der Waals surface area contributed by atoms with E-state index in [2.05, 4.69) is 62.3 Å². The highest BCUT2D eigenvalue weighted by atomic mass is 79.9. The van der Waals surface area contributed by atoms with Crippen molar-refractivity contribution >= 4 is 44.2 Å². The molecular weight excluding hydrogens is 506 g/mol. The van der Waals surface area contributed by atoms with Crippen molar-refractivity contribution in [2.24, 2.45) is 0 Å². The molecule has 0 bridgehead atoms. The SMILES string of the molecule is CCN(CC)c1ccc(-n2nc3cc(C)c(NC(=O)COc4c(C)cc(C)cc4Br)cc3n2)cc1. The van der Waals surface area contributed by atoms with Crippen molar-refractivity contribution in [2.45, 2.75) is 34.6 Å². The number of ether oxygens (including phenoxy) is 1. The molecule has 0 aliphatic heterocycles. The fourth-order valence-corrected chi connectivity index (χ4v) is 4.90. The smallest absolute Gasteiger partial charge is 0.262 e. The highest BCUT2D eigenvalue weighted by Gasteiger charge is 2.13. The van der Waals surface area contributed by atoms with Gasteiger partial charge in [0, 0.05) is 24.5 Å².